The van der Waals surface area contributed by atoms with Gasteiger partial charge in [0.25, 0.3) is 0 Å². The molecule has 5 nitrogen and oxygen atoms in total. The molecule has 0 aromatic heterocycles. The molecule has 2 heterocycles. The molecule has 1 N–H and O–H groups in total. The molecule has 2 aliphatic rings. The Morgan fingerprint density at radius 1 is 1.45 bits per heavy atom. The summed E-state index contributed by atoms with van der Waals surface area (Å²) in [6.07, 6.45) is 1.05. The Bertz CT molecular complexity index is 539. The first-order chi connectivity index (χ1) is 9.60. The summed E-state index contributed by atoms with van der Waals surface area (Å²) in [5, 5.41) is 9.29. The van der Waals surface area contributed by atoms with E-state index in [0.29, 0.717) is 18.8 Å². The second-order valence-electron chi connectivity index (χ2n) is 5.36. The Morgan fingerprint density at radius 2 is 2.25 bits per heavy atom. The normalized spacial score (nSPS) is 28.0. The molecule has 108 valence electrons. The van der Waals surface area contributed by atoms with Gasteiger partial charge in [-0.3, -0.25) is 4.79 Å². The highest BCUT2D eigenvalue weighted by molar-refractivity contribution is 5.72. The zero-order valence-electron chi connectivity index (χ0n) is 11.6. The van der Waals surface area contributed by atoms with Crippen molar-refractivity contribution in [2.24, 2.45) is 5.92 Å². The van der Waals surface area contributed by atoms with E-state index < -0.39 is 18.0 Å². The van der Waals surface area contributed by atoms with E-state index in [4.69, 9.17) is 14.2 Å². The first-order valence-corrected chi connectivity index (χ1v) is 6.82. The minimum Gasteiger partial charge on any atom is -0.496 e. The van der Waals surface area contributed by atoms with Crippen LogP contribution in [0.5, 0.6) is 11.5 Å². The summed E-state index contributed by atoms with van der Waals surface area (Å²) in [7, 11) is 1.59. The van der Waals surface area contributed by atoms with Gasteiger partial charge < -0.3 is 19.3 Å². The number of methoxy groups -OCH3 is 1. The van der Waals surface area contributed by atoms with Crippen LogP contribution in [0.25, 0.3) is 0 Å². The maximum atomic E-state index is 11.3. The fraction of sp³-hybridized carbons (Fsp3) is 0.533. The van der Waals surface area contributed by atoms with Crippen molar-refractivity contribution >= 4 is 5.97 Å². The van der Waals surface area contributed by atoms with Crippen LogP contribution in [0.4, 0.5) is 0 Å². The molecule has 5 heteroatoms. The maximum absolute atomic E-state index is 11.3. The van der Waals surface area contributed by atoms with Gasteiger partial charge >= 0.3 is 5.97 Å². The lowest BCUT2D eigenvalue weighted by atomic mass is 9.93. The quantitative estimate of drug-likeness (QED) is 0.918. The summed E-state index contributed by atoms with van der Waals surface area (Å²) < 4.78 is 16.8. The molecule has 3 unspecified atom stereocenters. The van der Waals surface area contributed by atoms with Crippen molar-refractivity contribution < 1.29 is 24.1 Å². The molecular formula is C15H18O5. The van der Waals surface area contributed by atoms with Gasteiger partial charge in [0.1, 0.15) is 17.6 Å². The van der Waals surface area contributed by atoms with Gasteiger partial charge in [-0.15, -0.1) is 0 Å². The van der Waals surface area contributed by atoms with E-state index in [1.807, 2.05) is 19.1 Å². The summed E-state index contributed by atoms with van der Waals surface area (Å²) in [5.41, 5.74) is 1.87. The highest BCUT2D eigenvalue weighted by Crippen LogP contribution is 2.43. The zero-order valence-corrected chi connectivity index (χ0v) is 11.6. The van der Waals surface area contributed by atoms with Crippen LogP contribution in [-0.4, -0.2) is 30.9 Å². The van der Waals surface area contributed by atoms with Gasteiger partial charge in [0.15, 0.2) is 0 Å². The standard InChI is InChI=1S/C15H18O5/c1-8-5-9-6-13(18-2)11(7-12(9)20-8)14-10(15(16)17)3-4-19-14/h6-8,10,14H,3-5H2,1-2H3,(H,16,17). The second kappa shape index (κ2) is 4.98. The number of ether oxygens (including phenoxy) is 3. The molecule has 0 spiro atoms. The first kappa shape index (κ1) is 13.2. The minimum atomic E-state index is -0.829. The van der Waals surface area contributed by atoms with E-state index in [1.54, 1.807) is 7.11 Å². The summed E-state index contributed by atoms with van der Waals surface area (Å²) in [5.74, 6) is 0.137. The molecule has 0 radical (unpaired) electrons. The predicted octanol–water partition coefficient (Wildman–Crippen LogP) is 2.18. The van der Waals surface area contributed by atoms with Crippen LogP contribution < -0.4 is 9.47 Å². The van der Waals surface area contributed by atoms with Gasteiger partial charge in [-0.1, -0.05) is 0 Å². The second-order valence-corrected chi connectivity index (χ2v) is 5.36. The molecule has 0 amide bonds. The predicted molar refractivity (Wildman–Crippen MR) is 71.2 cm³/mol. The fourth-order valence-electron chi connectivity index (χ4n) is 3.00. The van der Waals surface area contributed by atoms with Gasteiger partial charge in [0.05, 0.1) is 19.1 Å². The highest BCUT2D eigenvalue weighted by Gasteiger charge is 2.38. The third-order valence-electron chi connectivity index (χ3n) is 3.96. The zero-order chi connectivity index (χ0) is 14.3. The van der Waals surface area contributed by atoms with Crippen LogP contribution in [0.2, 0.25) is 0 Å². The maximum Gasteiger partial charge on any atom is 0.309 e. The summed E-state index contributed by atoms with van der Waals surface area (Å²) in [4.78, 5) is 11.3. The molecular weight excluding hydrogens is 260 g/mol. The van der Waals surface area contributed by atoms with Crippen molar-refractivity contribution in [3.8, 4) is 11.5 Å². The van der Waals surface area contributed by atoms with E-state index in [1.165, 1.54) is 0 Å². The molecule has 0 aliphatic carbocycles. The Balaban J connectivity index is 2.01. The largest absolute Gasteiger partial charge is 0.496 e. The van der Waals surface area contributed by atoms with Crippen LogP contribution in [0, 0.1) is 5.92 Å². The van der Waals surface area contributed by atoms with Crippen LogP contribution in [0.15, 0.2) is 12.1 Å². The fourth-order valence-corrected chi connectivity index (χ4v) is 3.00. The molecule has 1 aromatic rings. The molecule has 3 atom stereocenters. The van der Waals surface area contributed by atoms with Crippen LogP contribution in [0.3, 0.4) is 0 Å². The van der Waals surface area contributed by atoms with Crippen molar-refractivity contribution in [3.05, 3.63) is 23.3 Å². The summed E-state index contributed by atoms with van der Waals surface area (Å²) >= 11 is 0. The van der Waals surface area contributed by atoms with E-state index in [9.17, 15) is 9.90 Å². The number of aliphatic carboxylic acids is 1. The van der Waals surface area contributed by atoms with Crippen molar-refractivity contribution in [1.82, 2.24) is 0 Å². The van der Waals surface area contributed by atoms with E-state index >= 15 is 0 Å². The van der Waals surface area contributed by atoms with Crippen LogP contribution in [-0.2, 0) is 16.0 Å². The molecule has 1 aromatic carbocycles. The molecule has 0 bridgehead atoms. The number of carboxylic acid groups (broad SMARTS) is 1. The molecule has 0 saturated carbocycles. The van der Waals surface area contributed by atoms with Gasteiger partial charge in [-0.25, -0.2) is 0 Å². The summed E-state index contributed by atoms with van der Waals surface area (Å²) in [6.45, 7) is 2.47. The molecule has 20 heavy (non-hydrogen) atoms. The topological polar surface area (TPSA) is 65.0 Å². The Morgan fingerprint density at radius 3 is 2.95 bits per heavy atom. The lowest BCUT2D eigenvalue weighted by Crippen LogP contribution is -2.18. The van der Waals surface area contributed by atoms with Gasteiger partial charge in [-0.05, 0) is 25.5 Å². The molecule has 1 saturated heterocycles. The molecule has 2 aliphatic heterocycles. The summed E-state index contributed by atoms with van der Waals surface area (Å²) in [6, 6.07) is 3.82. The smallest absolute Gasteiger partial charge is 0.309 e. The van der Waals surface area contributed by atoms with Crippen molar-refractivity contribution in [1.29, 1.82) is 0 Å². The average molecular weight is 278 g/mol. The lowest BCUT2D eigenvalue weighted by molar-refractivity contribution is -0.143. The number of hydrogen-bond acceptors (Lipinski definition) is 4. The Hall–Kier alpha value is -1.75. The third kappa shape index (κ3) is 2.12. The van der Waals surface area contributed by atoms with Crippen molar-refractivity contribution in [2.75, 3.05) is 13.7 Å². The third-order valence-corrected chi connectivity index (χ3v) is 3.96. The Kier molecular flexibility index (Phi) is 3.30. The van der Waals surface area contributed by atoms with E-state index in [0.717, 1.165) is 23.3 Å². The van der Waals surface area contributed by atoms with Gasteiger partial charge in [-0.2, -0.15) is 0 Å². The number of benzene rings is 1. The monoisotopic (exact) mass is 278 g/mol. The minimum absolute atomic E-state index is 0.143. The number of carbonyl (C=O) groups is 1. The van der Waals surface area contributed by atoms with E-state index in [2.05, 4.69) is 0 Å². The van der Waals surface area contributed by atoms with Crippen LogP contribution in [0.1, 0.15) is 30.6 Å². The molecule has 3 rings (SSSR count). The number of hydrogen-bond donors (Lipinski definition) is 1. The van der Waals surface area contributed by atoms with Crippen molar-refractivity contribution in [2.45, 2.75) is 32.0 Å². The number of carboxylic acids is 1. The molecule has 1 fully saturated rings. The van der Waals surface area contributed by atoms with Crippen LogP contribution >= 0.6 is 0 Å². The number of rotatable bonds is 3. The first-order valence-electron chi connectivity index (χ1n) is 6.82. The Labute approximate surface area is 117 Å². The highest BCUT2D eigenvalue weighted by atomic mass is 16.5. The average Bonchev–Trinajstić information content (AvgIpc) is 3.01. The van der Waals surface area contributed by atoms with Gasteiger partial charge in [0, 0.05) is 24.2 Å². The van der Waals surface area contributed by atoms with E-state index in [-0.39, 0.29) is 6.10 Å². The number of fused-ring (bicyclic) bond motifs is 1. The lowest BCUT2D eigenvalue weighted by Gasteiger charge is -2.19. The van der Waals surface area contributed by atoms with Crippen molar-refractivity contribution in [3.63, 3.8) is 0 Å². The SMILES string of the molecule is COc1cc2c(cc1C1OCCC1C(=O)O)OC(C)C2. The van der Waals surface area contributed by atoms with Gasteiger partial charge in [0.2, 0.25) is 0 Å².